The van der Waals surface area contributed by atoms with Crippen LogP contribution in [0.2, 0.25) is 0 Å². The second-order valence-corrected chi connectivity index (χ2v) is 11.5. The lowest BCUT2D eigenvalue weighted by Gasteiger charge is -2.29. The molecule has 2 aromatic rings. The molecule has 1 aliphatic rings. The average Bonchev–Trinajstić information content (AvgIpc) is 3.50. The first-order valence-corrected chi connectivity index (χ1v) is 15.1. The highest BCUT2D eigenvalue weighted by molar-refractivity contribution is 7.12. The van der Waals surface area contributed by atoms with E-state index in [0.29, 0.717) is 0 Å². The number of hydrogen-bond acceptors (Lipinski definition) is 4. The van der Waals surface area contributed by atoms with Gasteiger partial charge >= 0.3 is 0 Å². The van der Waals surface area contributed by atoms with Gasteiger partial charge in [-0.25, -0.2) is 0 Å². The van der Waals surface area contributed by atoms with Crippen LogP contribution in [-0.4, -0.2) is 38.3 Å². The molecular weight excluding hydrogens is 442 g/mol. The van der Waals surface area contributed by atoms with Crippen molar-refractivity contribution < 1.29 is 4.74 Å². The average molecular weight is 488 g/mol. The molecule has 0 aliphatic carbocycles. The van der Waals surface area contributed by atoms with Crippen LogP contribution in [0.4, 0.5) is 0 Å². The molecule has 0 saturated carbocycles. The van der Waals surface area contributed by atoms with Gasteiger partial charge in [0.25, 0.3) is 0 Å². The highest BCUT2D eigenvalue weighted by Crippen LogP contribution is 2.39. The van der Waals surface area contributed by atoms with Gasteiger partial charge in [-0.1, -0.05) is 57.9 Å². The lowest BCUT2D eigenvalue weighted by atomic mass is 9.88. The predicted molar refractivity (Wildman–Crippen MR) is 148 cm³/mol. The first-order valence-electron chi connectivity index (χ1n) is 13.3. The molecule has 184 valence electrons. The number of nitrogens with zero attached hydrogens (tertiary/aromatic N) is 1. The second-order valence-electron chi connectivity index (χ2n) is 9.50. The van der Waals surface area contributed by atoms with Crippen LogP contribution in [0, 0.1) is 0 Å². The Kier molecular flexibility index (Phi) is 12.2. The second kappa shape index (κ2) is 15.1. The van der Waals surface area contributed by atoms with Gasteiger partial charge in [-0.2, -0.15) is 11.3 Å². The molecular formula is C29H45NOS2. The summed E-state index contributed by atoms with van der Waals surface area (Å²) in [7, 11) is 1.81. The minimum Gasteiger partial charge on any atom is -0.383 e. The smallest absolute Gasteiger partial charge is 0.0589 e. The maximum absolute atomic E-state index is 5.32. The summed E-state index contributed by atoms with van der Waals surface area (Å²) in [5, 5.41) is 4.63. The molecule has 0 unspecified atom stereocenters. The van der Waals surface area contributed by atoms with E-state index in [2.05, 4.69) is 53.0 Å². The molecule has 1 fully saturated rings. The van der Waals surface area contributed by atoms with Crippen molar-refractivity contribution in [3.8, 4) is 0 Å². The highest BCUT2D eigenvalue weighted by Gasteiger charge is 2.22. The molecule has 1 saturated heterocycles. The van der Waals surface area contributed by atoms with E-state index < -0.39 is 0 Å². The lowest BCUT2D eigenvalue weighted by Crippen LogP contribution is -2.33. The zero-order chi connectivity index (χ0) is 23.3. The fourth-order valence-electron chi connectivity index (χ4n) is 4.92. The number of thiophene rings is 2. The van der Waals surface area contributed by atoms with Gasteiger partial charge in [0.05, 0.1) is 6.61 Å². The van der Waals surface area contributed by atoms with Crippen LogP contribution < -0.4 is 0 Å². The third-order valence-corrected chi connectivity index (χ3v) is 8.84. The summed E-state index contributed by atoms with van der Waals surface area (Å²) in [6.07, 6.45) is 15.6. The van der Waals surface area contributed by atoms with E-state index in [9.17, 15) is 0 Å². The monoisotopic (exact) mass is 487 g/mol. The van der Waals surface area contributed by atoms with E-state index in [1.807, 2.05) is 18.4 Å². The van der Waals surface area contributed by atoms with Crippen LogP contribution in [0.3, 0.4) is 0 Å². The predicted octanol–water partition coefficient (Wildman–Crippen LogP) is 8.60. The number of piperidine rings is 1. The van der Waals surface area contributed by atoms with Crippen LogP contribution >= 0.6 is 22.7 Å². The minimum atomic E-state index is 0.838. The summed E-state index contributed by atoms with van der Waals surface area (Å²) in [4.78, 5) is 5.82. The van der Waals surface area contributed by atoms with Crippen molar-refractivity contribution >= 4 is 28.2 Å². The standard InChI is InChI=1S/C29H45NOS2/c1-4-6-8-10-12-26-22-27(28(33-26)13-11-9-7-5-2)29(25-16-21-32-23-25)24-14-17-30(18-15-24)19-20-31-3/h16,21-23H,4-15,17-20H2,1-3H3. The van der Waals surface area contributed by atoms with Gasteiger partial charge in [-0.3, -0.25) is 0 Å². The van der Waals surface area contributed by atoms with Crippen LogP contribution in [0.15, 0.2) is 28.5 Å². The Hall–Kier alpha value is -0.940. The molecule has 0 spiro atoms. The third-order valence-electron chi connectivity index (χ3n) is 6.90. The Labute approximate surface area is 211 Å². The van der Waals surface area contributed by atoms with Crippen molar-refractivity contribution in [2.24, 2.45) is 0 Å². The molecule has 0 amide bonds. The molecule has 0 N–H and O–H groups in total. The molecule has 4 heteroatoms. The van der Waals surface area contributed by atoms with Crippen molar-refractivity contribution in [2.75, 3.05) is 33.4 Å². The maximum atomic E-state index is 5.32. The summed E-state index contributed by atoms with van der Waals surface area (Å²) in [6.45, 7) is 8.82. The first-order chi connectivity index (χ1) is 16.3. The quantitative estimate of drug-likeness (QED) is 0.233. The minimum absolute atomic E-state index is 0.838. The Morgan fingerprint density at radius 3 is 2.33 bits per heavy atom. The van der Waals surface area contributed by atoms with Gasteiger partial charge in [0.1, 0.15) is 0 Å². The molecule has 0 radical (unpaired) electrons. The largest absolute Gasteiger partial charge is 0.383 e. The van der Waals surface area contributed by atoms with Gasteiger partial charge in [-0.05, 0) is 78.1 Å². The summed E-state index contributed by atoms with van der Waals surface area (Å²) in [5.74, 6) is 0. The van der Waals surface area contributed by atoms with E-state index in [1.165, 1.54) is 82.6 Å². The van der Waals surface area contributed by atoms with Crippen molar-refractivity contribution in [3.05, 3.63) is 49.3 Å². The third kappa shape index (κ3) is 8.35. The Balaban J connectivity index is 1.85. The summed E-state index contributed by atoms with van der Waals surface area (Å²) in [5.41, 5.74) is 6.27. The van der Waals surface area contributed by atoms with E-state index in [-0.39, 0.29) is 0 Å². The van der Waals surface area contributed by atoms with Crippen LogP contribution in [0.25, 0.3) is 5.57 Å². The number of aryl methyl sites for hydroxylation is 2. The van der Waals surface area contributed by atoms with Crippen molar-refractivity contribution in [2.45, 2.75) is 90.9 Å². The lowest BCUT2D eigenvalue weighted by molar-refractivity contribution is 0.143. The molecule has 2 nitrogen and oxygen atoms in total. The first kappa shape index (κ1) is 26.7. The number of ether oxygens (including phenoxy) is 1. The molecule has 1 aliphatic heterocycles. The molecule has 33 heavy (non-hydrogen) atoms. The zero-order valence-corrected chi connectivity index (χ0v) is 22.9. The Morgan fingerprint density at radius 1 is 0.970 bits per heavy atom. The van der Waals surface area contributed by atoms with Crippen molar-refractivity contribution in [1.29, 1.82) is 0 Å². The highest BCUT2D eigenvalue weighted by atomic mass is 32.1. The number of methoxy groups -OCH3 is 1. The molecule has 0 atom stereocenters. The fourth-order valence-corrected chi connectivity index (χ4v) is 6.82. The molecule has 2 aromatic heterocycles. The van der Waals surface area contributed by atoms with Crippen LogP contribution in [0.5, 0.6) is 0 Å². The summed E-state index contributed by atoms with van der Waals surface area (Å²) in [6, 6.07) is 4.94. The fraction of sp³-hybridized carbons (Fsp3) is 0.655. The van der Waals surface area contributed by atoms with Gasteiger partial charge in [0, 0.05) is 36.5 Å². The van der Waals surface area contributed by atoms with E-state index in [0.717, 1.165) is 26.2 Å². The normalized spacial score (nSPS) is 14.8. The molecule has 0 bridgehead atoms. The maximum Gasteiger partial charge on any atom is 0.0589 e. The zero-order valence-electron chi connectivity index (χ0n) is 21.3. The van der Waals surface area contributed by atoms with Gasteiger partial charge < -0.3 is 9.64 Å². The molecule has 0 aromatic carbocycles. The summed E-state index contributed by atoms with van der Waals surface area (Å²) < 4.78 is 5.32. The van der Waals surface area contributed by atoms with Crippen LogP contribution in [-0.2, 0) is 17.6 Å². The van der Waals surface area contributed by atoms with E-state index in [4.69, 9.17) is 4.74 Å². The Morgan fingerprint density at radius 2 is 1.70 bits per heavy atom. The SMILES string of the molecule is CCCCCCc1cc(C(=C2CCN(CCOC)CC2)c2ccsc2)c(CCCCCC)s1. The van der Waals surface area contributed by atoms with E-state index >= 15 is 0 Å². The van der Waals surface area contributed by atoms with Gasteiger partial charge in [0.15, 0.2) is 0 Å². The van der Waals surface area contributed by atoms with Crippen molar-refractivity contribution in [3.63, 3.8) is 0 Å². The summed E-state index contributed by atoms with van der Waals surface area (Å²) >= 11 is 3.96. The number of likely N-dealkylation sites (tertiary alicyclic amines) is 1. The molecule has 3 heterocycles. The van der Waals surface area contributed by atoms with Crippen LogP contribution in [0.1, 0.15) is 98.9 Å². The number of hydrogen-bond donors (Lipinski definition) is 0. The van der Waals surface area contributed by atoms with E-state index in [1.54, 1.807) is 26.5 Å². The number of rotatable bonds is 15. The molecule has 3 rings (SSSR count). The Bertz CT molecular complexity index is 811. The van der Waals surface area contributed by atoms with Gasteiger partial charge in [0.2, 0.25) is 0 Å². The number of unbranched alkanes of at least 4 members (excludes halogenated alkanes) is 6. The topological polar surface area (TPSA) is 12.5 Å². The van der Waals surface area contributed by atoms with Crippen molar-refractivity contribution in [1.82, 2.24) is 4.90 Å². The van der Waals surface area contributed by atoms with Gasteiger partial charge in [-0.15, -0.1) is 11.3 Å².